The van der Waals surface area contributed by atoms with Crippen molar-refractivity contribution in [3.63, 3.8) is 0 Å². The van der Waals surface area contributed by atoms with Crippen LogP contribution in [0.4, 0.5) is 5.95 Å². The van der Waals surface area contributed by atoms with E-state index < -0.39 is 0 Å². The summed E-state index contributed by atoms with van der Waals surface area (Å²) in [5, 5.41) is 11.6. The molecule has 0 saturated heterocycles. The average Bonchev–Trinajstić information content (AvgIpc) is 2.86. The van der Waals surface area contributed by atoms with E-state index in [9.17, 15) is 0 Å². The van der Waals surface area contributed by atoms with Crippen molar-refractivity contribution in [2.45, 2.75) is 31.4 Å². The highest BCUT2D eigenvalue weighted by molar-refractivity contribution is 5.74. The fourth-order valence-corrected chi connectivity index (χ4v) is 2.41. The fraction of sp³-hybridized carbons (Fsp3) is 0.462. The molecule has 1 saturated carbocycles. The van der Waals surface area contributed by atoms with E-state index in [2.05, 4.69) is 20.5 Å². The number of fused-ring (bicyclic) bond motifs is 1. The molecule has 1 N–H and O–H groups in total. The summed E-state index contributed by atoms with van der Waals surface area (Å²) >= 11 is 0. The number of benzene rings is 1. The first-order valence-corrected chi connectivity index (χ1v) is 6.24. The van der Waals surface area contributed by atoms with Crippen LogP contribution in [-0.2, 0) is 4.74 Å². The van der Waals surface area contributed by atoms with Gasteiger partial charge in [0.25, 0.3) is 0 Å². The molecule has 0 amide bonds. The summed E-state index contributed by atoms with van der Waals surface area (Å²) in [6.07, 6.45) is 3.55. The van der Waals surface area contributed by atoms with Gasteiger partial charge in [0.1, 0.15) is 5.52 Å². The Morgan fingerprint density at radius 2 is 2.00 bits per heavy atom. The molecule has 1 fully saturated rings. The van der Waals surface area contributed by atoms with Gasteiger partial charge in [0.2, 0.25) is 5.95 Å². The molecule has 0 aliphatic heterocycles. The van der Waals surface area contributed by atoms with Crippen molar-refractivity contribution in [1.82, 2.24) is 15.2 Å². The van der Waals surface area contributed by atoms with Crippen LogP contribution in [0.1, 0.15) is 19.3 Å². The van der Waals surface area contributed by atoms with Gasteiger partial charge in [0.15, 0.2) is 0 Å². The third-order valence-electron chi connectivity index (χ3n) is 3.41. The molecule has 5 heteroatoms. The SMILES string of the molecule is COC1CCC(Nc2nnc3ccccc3n2)C1. The minimum Gasteiger partial charge on any atom is -0.381 e. The highest BCUT2D eigenvalue weighted by Gasteiger charge is 2.24. The molecule has 2 unspecified atom stereocenters. The molecule has 3 rings (SSSR count). The standard InChI is InChI=1S/C13H16N4O/c1-18-10-7-6-9(8-10)14-13-15-11-4-2-3-5-12(11)16-17-13/h2-5,9-10H,6-8H2,1H3,(H,14,15,17). The van der Waals surface area contributed by atoms with E-state index in [-0.39, 0.29) is 0 Å². The molecule has 2 atom stereocenters. The molecule has 0 spiro atoms. The van der Waals surface area contributed by atoms with Crippen molar-refractivity contribution in [3.8, 4) is 0 Å². The second-order valence-corrected chi connectivity index (χ2v) is 4.64. The van der Waals surface area contributed by atoms with Crippen LogP contribution < -0.4 is 5.32 Å². The molecule has 0 bridgehead atoms. The van der Waals surface area contributed by atoms with Gasteiger partial charge in [-0.25, -0.2) is 4.98 Å². The van der Waals surface area contributed by atoms with Crippen molar-refractivity contribution < 1.29 is 4.74 Å². The number of hydrogen-bond acceptors (Lipinski definition) is 5. The third-order valence-corrected chi connectivity index (χ3v) is 3.41. The van der Waals surface area contributed by atoms with Gasteiger partial charge in [-0.2, -0.15) is 0 Å². The summed E-state index contributed by atoms with van der Waals surface area (Å²) in [6.45, 7) is 0. The Kier molecular flexibility index (Phi) is 3.06. The van der Waals surface area contributed by atoms with E-state index in [0.29, 0.717) is 18.1 Å². The number of methoxy groups -OCH3 is 1. The molecule has 94 valence electrons. The lowest BCUT2D eigenvalue weighted by atomic mass is 10.2. The number of ether oxygens (including phenoxy) is 1. The Hall–Kier alpha value is -1.75. The zero-order chi connectivity index (χ0) is 12.4. The number of rotatable bonds is 3. The minimum atomic E-state index is 0.357. The molecule has 1 heterocycles. The van der Waals surface area contributed by atoms with Crippen molar-refractivity contribution in [2.24, 2.45) is 0 Å². The van der Waals surface area contributed by atoms with Gasteiger partial charge in [0, 0.05) is 13.2 Å². The van der Waals surface area contributed by atoms with Crippen LogP contribution in [0.15, 0.2) is 24.3 Å². The Morgan fingerprint density at radius 3 is 2.78 bits per heavy atom. The molecule has 0 radical (unpaired) electrons. The van der Waals surface area contributed by atoms with E-state index in [4.69, 9.17) is 4.74 Å². The molecule has 1 aromatic carbocycles. The molecule has 1 aliphatic carbocycles. The Bertz CT molecular complexity index is 545. The summed E-state index contributed by atoms with van der Waals surface area (Å²) in [5.41, 5.74) is 1.69. The van der Waals surface area contributed by atoms with Crippen molar-refractivity contribution in [3.05, 3.63) is 24.3 Å². The highest BCUT2D eigenvalue weighted by atomic mass is 16.5. The summed E-state index contributed by atoms with van der Waals surface area (Å²) < 4.78 is 5.35. The molecule has 5 nitrogen and oxygen atoms in total. The normalized spacial score (nSPS) is 23.4. The van der Waals surface area contributed by atoms with Crippen LogP contribution >= 0.6 is 0 Å². The molecule has 2 aromatic rings. The number of para-hydroxylation sites is 1. The molecule has 1 aromatic heterocycles. The highest BCUT2D eigenvalue weighted by Crippen LogP contribution is 2.23. The Labute approximate surface area is 106 Å². The lowest BCUT2D eigenvalue weighted by molar-refractivity contribution is 0.108. The molecular weight excluding hydrogens is 228 g/mol. The Balaban J connectivity index is 1.75. The van der Waals surface area contributed by atoms with Gasteiger partial charge in [0.05, 0.1) is 11.6 Å². The maximum Gasteiger partial charge on any atom is 0.243 e. The van der Waals surface area contributed by atoms with Crippen LogP contribution in [0.25, 0.3) is 11.0 Å². The number of anilines is 1. The Morgan fingerprint density at radius 1 is 1.17 bits per heavy atom. The zero-order valence-corrected chi connectivity index (χ0v) is 10.3. The van der Waals surface area contributed by atoms with Gasteiger partial charge in [-0.3, -0.25) is 0 Å². The second kappa shape index (κ2) is 4.86. The number of hydrogen-bond donors (Lipinski definition) is 1. The summed E-state index contributed by atoms with van der Waals surface area (Å²) in [5.74, 6) is 0.607. The first kappa shape index (κ1) is 11.3. The van der Waals surface area contributed by atoms with Gasteiger partial charge < -0.3 is 10.1 Å². The first-order chi connectivity index (χ1) is 8.85. The van der Waals surface area contributed by atoms with E-state index >= 15 is 0 Å². The number of nitrogens with zero attached hydrogens (tertiary/aromatic N) is 3. The average molecular weight is 244 g/mol. The molecule has 18 heavy (non-hydrogen) atoms. The van der Waals surface area contributed by atoms with Crippen molar-refractivity contribution in [2.75, 3.05) is 12.4 Å². The van der Waals surface area contributed by atoms with Gasteiger partial charge >= 0.3 is 0 Å². The predicted molar refractivity (Wildman–Crippen MR) is 69.4 cm³/mol. The van der Waals surface area contributed by atoms with E-state index in [1.54, 1.807) is 7.11 Å². The quantitative estimate of drug-likeness (QED) is 0.894. The monoisotopic (exact) mass is 244 g/mol. The summed E-state index contributed by atoms with van der Waals surface area (Å²) in [6, 6.07) is 8.14. The van der Waals surface area contributed by atoms with Crippen molar-refractivity contribution >= 4 is 17.0 Å². The third kappa shape index (κ3) is 2.26. The van der Waals surface area contributed by atoms with E-state index in [1.165, 1.54) is 0 Å². The minimum absolute atomic E-state index is 0.357. The maximum atomic E-state index is 5.35. The van der Waals surface area contributed by atoms with Crippen LogP contribution in [0.2, 0.25) is 0 Å². The van der Waals surface area contributed by atoms with E-state index in [0.717, 1.165) is 30.3 Å². The smallest absolute Gasteiger partial charge is 0.243 e. The lowest BCUT2D eigenvalue weighted by Gasteiger charge is -2.12. The second-order valence-electron chi connectivity index (χ2n) is 4.64. The fourth-order valence-electron chi connectivity index (χ4n) is 2.41. The van der Waals surface area contributed by atoms with Crippen LogP contribution in [0, 0.1) is 0 Å². The van der Waals surface area contributed by atoms with Gasteiger partial charge in [-0.05, 0) is 31.4 Å². The summed E-state index contributed by atoms with van der Waals surface area (Å²) in [7, 11) is 1.77. The lowest BCUT2D eigenvalue weighted by Crippen LogP contribution is -2.19. The van der Waals surface area contributed by atoms with Gasteiger partial charge in [-0.15, -0.1) is 10.2 Å². The largest absolute Gasteiger partial charge is 0.381 e. The maximum absolute atomic E-state index is 5.35. The zero-order valence-electron chi connectivity index (χ0n) is 10.3. The topological polar surface area (TPSA) is 59.9 Å². The van der Waals surface area contributed by atoms with Crippen molar-refractivity contribution in [1.29, 1.82) is 0 Å². The summed E-state index contributed by atoms with van der Waals surface area (Å²) in [4.78, 5) is 4.46. The number of nitrogens with one attached hydrogen (secondary N) is 1. The van der Waals surface area contributed by atoms with Crippen LogP contribution in [-0.4, -0.2) is 34.4 Å². The molecular formula is C13H16N4O. The van der Waals surface area contributed by atoms with Crippen LogP contribution in [0.3, 0.4) is 0 Å². The molecule has 1 aliphatic rings. The van der Waals surface area contributed by atoms with E-state index in [1.807, 2.05) is 24.3 Å². The van der Waals surface area contributed by atoms with Gasteiger partial charge in [-0.1, -0.05) is 12.1 Å². The number of aromatic nitrogens is 3. The predicted octanol–water partition coefficient (Wildman–Crippen LogP) is 2.00. The van der Waals surface area contributed by atoms with Crippen LogP contribution in [0.5, 0.6) is 0 Å². The first-order valence-electron chi connectivity index (χ1n) is 6.24.